The number of rotatable bonds is 5. The van der Waals surface area contributed by atoms with Crippen molar-refractivity contribution in [2.75, 3.05) is 13.1 Å². The molecule has 2 aliphatic rings. The third kappa shape index (κ3) is 3.95. The van der Waals surface area contributed by atoms with Gasteiger partial charge in [0, 0.05) is 38.5 Å². The molecule has 1 aliphatic heterocycles. The molecule has 0 saturated heterocycles. The number of aromatic nitrogens is 3. The quantitative estimate of drug-likeness (QED) is 0.525. The standard InChI is InChI=1S/C26H31N5O/c1-17(2)26(32)27-18(3)25-29-28-24-10-11-30(12-13-31(24)25)16-19-8-9-23-21(14-19)15-20-6-4-5-7-22(20)23/h4-9,14,17-18H,10-13,15-16H2,1-3H3,(H,27,32). The van der Waals surface area contributed by atoms with Crippen molar-refractivity contribution in [2.45, 2.75) is 52.7 Å². The first-order valence-electron chi connectivity index (χ1n) is 11.6. The molecule has 32 heavy (non-hydrogen) atoms. The first-order chi connectivity index (χ1) is 15.5. The third-order valence-corrected chi connectivity index (χ3v) is 6.68. The Morgan fingerprint density at radius 1 is 1.00 bits per heavy atom. The zero-order valence-electron chi connectivity index (χ0n) is 19.1. The third-order valence-electron chi connectivity index (χ3n) is 6.68. The molecular weight excluding hydrogens is 398 g/mol. The van der Waals surface area contributed by atoms with Gasteiger partial charge in [-0.2, -0.15) is 0 Å². The highest BCUT2D eigenvalue weighted by atomic mass is 16.1. The molecule has 1 aromatic heterocycles. The average molecular weight is 430 g/mol. The molecule has 0 radical (unpaired) electrons. The molecule has 6 nitrogen and oxygen atoms in total. The zero-order chi connectivity index (χ0) is 22.2. The summed E-state index contributed by atoms with van der Waals surface area (Å²) in [5, 5.41) is 11.9. The Hall–Kier alpha value is -2.99. The summed E-state index contributed by atoms with van der Waals surface area (Å²) < 4.78 is 2.20. The predicted octanol–water partition coefficient (Wildman–Crippen LogP) is 3.74. The van der Waals surface area contributed by atoms with Gasteiger partial charge in [0.25, 0.3) is 0 Å². The van der Waals surface area contributed by atoms with Crippen molar-refractivity contribution in [2.24, 2.45) is 5.92 Å². The second-order valence-corrected chi connectivity index (χ2v) is 9.36. The minimum atomic E-state index is -0.143. The zero-order valence-corrected chi connectivity index (χ0v) is 19.1. The predicted molar refractivity (Wildman–Crippen MR) is 125 cm³/mol. The van der Waals surface area contributed by atoms with Crippen LogP contribution < -0.4 is 5.32 Å². The minimum absolute atomic E-state index is 0.0421. The number of carbonyl (C=O) groups excluding carboxylic acids is 1. The Labute approximate surface area is 189 Å². The summed E-state index contributed by atoms with van der Waals surface area (Å²) in [6.45, 7) is 9.49. The fourth-order valence-electron chi connectivity index (χ4n) is 4.87. The van der Waals surface area contributed by atoms with E-state index in [-0.39, 0.29) is 17.9 Å². The number of fused-ring (bicyclic) bond motifs is 4. The molecule has 1 amide bonds. The van der Waals surface area contributed by atoms with Crippen molar-refractivity contribution in [3.05, 3.63) is 70.8 Å². The normalized spacial score (nSPS) is 16.2. The molecule has 5 rings (SSSR count). The molecule has 0 bridgehead atoms. The lowest BCUT2D eigenvalue weighted by Gasteiger charge is -2.21. The number of carbonyl (C=O) groups is 1. The summed E-state index contributed by atoms with van der Waals surface area (Å²) in [5.41, 5.74) is 7.00. The van der Waals surface area contributed by atoms with Crippen LogP contribution in [-0.2, 0) is 30.7 Å². The molecule has 2 heterocycles. The number of amides is 1. The van der Waals surface area contributed by atoms with Gasteiger partial charge in [0.05, 0.1) is 6.04 Å². The largest absolute Gasteiger partial charge is 0.346 e. The molecule has 0 saturated carbocycles. The summed E-state index contributed by atoms with van der Waals surface area (Å²) in [4.78, 5) is 14.6. The second kappa shape index (κ2) is 8.51. The van der Waals surface area contributed by atoms with E-state index in [0.717, 1.165) is 50.7 Å². The van der Waals surface area contributed by atoms with Crippen LogP contribution in [0.3, 0.4) is 0 Å². The highest BCUT2D eigenvalue weighted by Crippen LogP contribution is 2.36. The van der Waals surface area contributed by atoms with Crippen molar-refractivity contribution in [3.63, 3.8) is 0 Å². The molecule has 1 N–H and O–H groups in total. The van der Waals surface area contributed by atoms with Gasteiger partial charge >= 0.3 is 0 Å². The lowest BCUT2D eigenvalue weighted by molar-refractivity contribution is -0.124. The summed E-state index contributed by atoms with van der Waals surface area (Å²) in [6.07, 6.45) is 1.90. The van der Waals surface area contributed by atoms with Crippen molar-refractivity contribution < 1.29 is 4.79 Å². The van der Waals surface area contributed by atoms with E-state index >= 15 is 0 Å². The van der Waals surface area contributed by atoms with Gasteiger partial charge in [-0.25, -0.2) is 0 Å². The van der Waals surface area contributed by atoms with Crippen molar-refractivity contribution >= 4 is 5.91 Å². The Kier molecular flexibility index (Phi) is 5.55. The highest BCUT2D eigenvalue weighted by molar-refractivity contribution is 5.78. The van der Waals surface area contributed by atoms with Crippen LogP contribution in [0.2, 0.25) is 0 Å². The fraction of sp³-hybridized carbons (Fsp3) is 0.423. The fourth-order valence-corrected chi connectivity index (χ4v) is 4.87. The van der Waals surface area contributed by atoms with Crippen LogP contribution in [0, 0.1) is 5.92 Å². The SMILES string of the molecule is CC(C)C(=O)NC(C)c1nnc2n1CCN(Cc1ccc3c(c1)Cc1ccccc1-3)CC2. The maximum Gasteiger partial charge on any atom is 0.223 e. The molecule has 0 fully saturated rings. The first kappa shape index (κ1) is 20.9. The van der Waals surface area contributed by atoms with Crippen molar-refractivity contribution in [1.29, 1.82) is 0 Å². The van der Waals surface area contributed by atoms with Crippen LogP contribution in [0.1, 0.15) is 55.2 Å². The van der Waals surface area contributed by atoms with E-state index in [1.54, 1.807) is 0 Å². The summed E-state index contributed by atoms with van der Waals surface area (Å²) in [5.74, 6) is 1.87. The maximum absolute atomic E-state index is 12.1. The number of hydrogen-bond donors (Lipinski definition) is 1. The van der Waals surface area contributed by atoms with Gasteiger partial charge in [-0.15, -0.1) is 10.2 Å². The van der Waals surface area contributed by atoms with Gasteiger partial charge in [-0.3, -0.25) is 9.69 Å². The Balaban J connectivity index is 1.26. The van der Waals surface area contributed by atoms with Crippen LogP contribution >= 0.6 is 0 Å². The van der Waals surface area contributed by atoms with Crippen molar-refractivity contribution in [1.82, 2.24) is 25.0 Å². The van der Waals surface area contributed by atoms with Gasteiger partial charge < -0.3 is 9.88 Å². The molecule has 6 heteroatoms. The number of nitrogens with zero attached hydrogens (tertiary/aromatic N) is 4. The minimum Gasteiger partial charge on any atom is -0.346 e. The van der Waals surface area contributed by atoms with Crippen LogP contribution in [0.25, 0.3) is 11.1 Å². The lowest BCUT2D eigenvalue weighted by Crippen LogP contribution is -2.32. The van der Waals surface area contributed by atoms with Gasteiger partial charge in [0.1, 0.15) is 5.82 Å². The average Bonchev–Trinajstić information content (AvgIpc) is 3.30. The molecule has 166 valence electrons. The van der Waals surface area contributed by atoms with Crippen LogP contribution in [0.4, 0.5) is 0 Å². The van der Waals surface area contributed by atoms with E-state index in [9.17, 15) is 4.79 Å². The Morgan fingerprint density at radius 3 is 2.66 bits per heavy atom. The monoisotopic (exact) mass is 429 g/mol. The summed E-state index contributed by atoms with van der Waals surface area (Å²) in [6, 6.07) is 15.5. The number of hydrogen-bond acceptors (Lipinski definition) is 4. The van der Waals surface area contributed by atoms with E-state index in [2.05, 4.69) is 67.4 Å². The van der Waals surface area contributed by atoms with Crippen molar-refractivity contribution in [3.8, 4) is 11.1 Å². The second-order valence-electron chi connectivity index (χ2n) is 9.36. The van der Waals surface area contributed by atoms with Gasteiger partial charge in [-0.05, 0) is 41.2 Å². The van der Waals surface area contributed by atoms with E-state index in [0.29, 0.717) is 0 Å². The van der Waals surface area contributed by atoms with Crippen LogP contribution in [0.5, 0.6) is 0 Å². The molecule has 0 spiro atoms. The van der Waals surface area contributed by atoms with Gasteiger partial charge in [0.2, 0.25) is 5.91 Å². The maximum atomic E-state index is 12.1. The first-order valence-corrected chi connectivity index (χ1v) is 11.6. The Bertz CT molecular complexity index is 1150. The summed E-state index contributed by atoms with van der Waals surface area (Å²) >= 11 is 0. The smallest absolute Gasteiger partial charge is 0.223 e. The molecule has 2 aromatic carbocycles. The molecule has 3 aromatic rings. The molecule has 1 unspecified atom stereocenters. The molecule has 1 aliphatic carbocycles. The van der Waals surface area contributed by atoms with Crippen LogP contribution in [0.15, 0.2) is 42.5 Å². The highest BCUT2D eigenvalue weighted by Gasteiger charge is 2.24. The van der Waals surface area contributed by atoms with E-state index in [1.165, 1.54) is 27.8 Å². The van der Waals surface area contributed by atoms with E-state index in [4.69, 9.17) is 0 Å². The van der Waals surface area contributed by atoms with Gasteiger partial charge in [-0.1, -0.05) is 56.3 Å². The van der Waals surface area contributed by atoms with E-state index in [1.807, 2.05) is 20.8 Å². The lowest BCUT2D eigenvalue weighted by atomic mass is 10.0. The van der Waals surface area contributed by atoms with Gasteiger partial charge in [0.15, 0.2) is 5.82 Å². The van der Waals surface area contributed by atoms with E-state index < -0.39 is 0 Å². The van der Waals surface area contributed by atoms with Crippen LogP contribution in [-0.4, -0.2) is 38.7 Å². The molecular formula is C26H31N5O. The topological polar surface area (TPSA) is 63.1 Å². The molecule has 1 atom stereocenters. The number of benzene rings is 2. The number of nitrogens with one attached hydrogen (secondary N) is 1. The summed E-state index contributed by atoms with van der Waals surface area (Å²) in [7, 11) is 0. The Morgan fingerprint density at radius 2 is 1.81 bits per heavy atom.